The lowest BCUT2D eigenvalue weighted by Gasteiger charge is -2.19. The van der Waals surface area contributed by atoms with Gasteiger partial charge >= 0.3 is 18.2 Å². The van der Waals surface area contributed by atoms with E-state index in [0.29, 0.717) is 16.5 Å². The second-order valence-electron chi connectivity index (χ2n) is 8.85. The molecule has 10 heteroatoms. The largest absolute Gasteiger partial charge is 0.467 e. The number of carbonyl (C=O) groups excluding carboxylic acids is 3. The van der Waals surface area contributed by atoms with Gasteiger partial charge in [-0.1, -0.05) is 18.2 Å². The summed E-state index contributed by atoms with van der Waals surface area (Å²) in [7, 11) is 1.16. The average molecular weight is 490 g/mol. The zero-order chi connectivity index (χ0) is 26.0. The van der Waals surface area contributed by atoms with Crippen LogP contribution in [0.25, 0.3) is 10.9 Å². The lowest BCUT2D eigenvalue weighted by Crippen LogP contribution is -2.43. The predicted molar refractivity (Wildman–Crippen MR) is 122 cm³/mol. The molecule has 1 N–H and O–H groups in total. The molecule has 186 valence electrons. The normalized spacial score (nSPS) is 12.8. The summed E-state index contributed by atoms with van der Waals surface area (Å²) in [6.07, 6.45) is -3.65. The summed E-state index contributed by atoms with van der Waals surface area (Å²) >= 11 is 0. The molecule has 1 amide bonds. The maximum atomic E-state index is 12.8. The molecule has 1 aromatic heterocycles. The minimum absolute atomic E-state index is 0.0324. The second-order valence-corrected chi connectivity index (χ2v) is 8.85. The van der Waals surface area contributed by atoms with E-state index in [2.05, 4.69) is 5.32 Å². The Kier molecular flexibility index (Phi) is 7.23. The van der Waals surface area contributed by atoms with Gasteiger partial charge < -0.3 is 14.8 Å². The number of esters is 1. The van der Waals surface area contributed by atoms with Gasteiger partial charge in [0.15, 0.2) is 0 Å². The van der Waals surface area contributed by atoms with Crippen LogP contribution in [0.4, 0.5) is 18.0 Å². The molecule has 3 aromatic rings. The number of carbonyl (C=O) groups is 3. The molecule has 2 aromatic carbocycles. The van der Waals surface area contributed by atoms with Gasteiger partial charge in [-0.3, -0.25) is 9.36 Å². The van der Waals surface area contributed by atoms with Crippen LogP contribution in [0.15, 0.2) is 54.7 Å². The SMILES string of the molecule is COC(=O)[C@H](Cc1cn(C(=O)OC(C)(C)C)c2ccccc12)NC(=O)c1ccc(C(F)(F)F)cc1. The fraction of sp³-hybridized carbons (Fsp3) is 0.320. The minimum Gasteiger partial charge on any atom is -0.467 e. The number of ether oxygens (including phenoxy) is 2. The van der Waals surface area contributed by atoms with Gasteiger partial charge in [0.25, 0.3) is 5.91 Å². The molecule has 0 unspecified atom stereocenters. The van der Waals surface area contributed by atoms with Crippen LogP contribution in [-0.4, -0.2) is 41.3 Å². The fourth-order valence-electron chi connectivity index (χ4n) is 3.48. The summed E-state index contributed by atoms with van der Waals surface area (Å²) in [4.78, 5) is 37.9. The predicted octanol–water partition coefficient (Wildman–Crippen LogP) is 4.96. The number of fused-ring (bicyclic) bond motifs is 1. The van der Waals surface area contributed by atoms with Crippen molar-refractivity contribution in [3.8, 4) is 0 Å². The Balaban J connectivity index is 1.89. The fourth-order valence-corrected chi connectivity index (χ4v) is 3.48. The third-order valence-electron chi connectivity index (χ3n) is 5.07. The first-order chi connectivity index (χ1) is 16.3. The zero-order valence-electron chi connectivity index (χ0n) is 19.6. The number of alkyl halides is 3. The van der Waals surface area contributed by atoms with Gasteiger partial charge in [-0.2, -0.15) is 13.2 Å². The Labute approximate surface area is 199 Å². The summed E-state index contributed by atoms with van der Waals surface area (Å²) < 4.78 is 50.0. The Bertz CT molecular complexity index is 1240. The topological polar surface area (TPSA) is 86.6 Å². The number of rotatable bonds is 5. The van der Waals surface area contributed by atoms with Gasteiger partial charge in [-0.05, 0) is 56.7 Å². The molecule has 0 saturated heterocycles. The Morgan fingerprint density at radius 3 is 2.20 bits per heavy atom. The second kappa shape index (κ2) is 9.81. The molecule has 0 radical (unpaired) electrons. The van der Waals surface area contributed by atoms with Crippen LogP contribution in [0.2, 0.25) is 0 Å². The van der Waals surface area contributed by atoms with Crippen molar-refractivity contribution in [1.29, 1.82) is 0 Å². The van der Waals surface area contributed by atoms with Crippen LogP contribution in [0.3, 0.4) is 0 Å². The Morgan fingerprint density at radius 2 is 1.63 bits per heavy atom. The molecule has 0 aliphatic rings. The highest BCUT2D eigenvalue weighted by Gasteiger charge is 2.31. The van der Waals surface area contributed by atoms with Gasteiger partial charge in [0.05, 0.1) is 18.2 Å². The molecule has 1 atom stereocenters. The average Bonchev–Trinajstić information content (AvgIpc) is 3.15. The van der Waals surface area contributed by atoms with Gasteiger partial charge in [0.2, 0.25) is 0 Å². The number of amides is 1. The number of aromatic nitrogens is 1. The van der Waals surface area contributed by atoms with E-state index in [9.17, 15) is 27.6 Å². The molecular weight excluding hydrogens is 465 g/mol. The number of para-hydroxylation sites is 1. The van der Waals surface area contributed by atoms with Crippen molar-refractivity contribution in [3.63, 3.8) is 0 Å². The molecule has 0 saturated carbocycles. The summed E-state index contributed by atoms with van der Waals surface area (Å²) in [5, 5.41) is 3.17. The summed E-state index contributed by atoms with van der Waals surface area (Å²) in [6, 6.07) is 9.46. The maximum absolute atomic E-state index is 12.8. The molecule has 3 rings (SSSR count). The molecule has 0 bridgehead atoms. The van der Waals surface area contributed by atoms with Gasteiger partial charge in [-0.15, -0.1) is 0 Å². The summed E-state index contributed by atoms with van der Waals surface area (Å²) in [5.74, 6) is -1.50. The minimum atomic E-state index is -4.54. The van der Waals surface area contributed by atoms with Crippen molar-refractivity contribution >= 4 is 28.9 Å². The van der Waals surface area contributed by atoms with E-state index in [0.717, 1.165) is 31.4 Å². The highest BCUT2D eigenvalue weighted by Crippen LogP contribution is 2.29. The first-order valence-electron chi connectivity index (χ1n) is 10.7. The number of nitrogens with one attached hydrogen (secondary N) is 1. The first-order valence-corrected chi connectivity index (χ1v) is 10.7. The number of methoxy groups -OCH3 is 1. The number of benzene rings is 2. The number of nitrogens with zero attached hydrogens (tertiary/aromatic N) is 1. The highest BCUT2D eigenvalue weighted by atomic mass is 19.4. The van der Waals surface area contributed by atoms with Crippen LogP contribution in [0.1, 0.15) is 42.3 Å². The third-order valence-corrected chi connectivity index (χ3v) is 5.07. The van der Waals surface area contributed by atoms with E-state index in [1.807, 2.05) is 0 Å². The van der Waals surface area contributed by atoms with Crippen molar-refractivity contribution in [2.75, 3.05) is 7.11 Å². The molecule has 0 aliphatic carbocycles. The van der Waals surface area contributed by atoms with E-state index in [-0.39, 0.29) is 12.0 Å². The van der Waals surface area contributed by atoms with E-state index in [1.165, 1.54) is 10.8 Å². The standard InChI is InChI=1S/C25H25F3N2O5/c1-24(2,3)35-23(33)30-14-16(18-7-5-6-8-20(18)30)13-19(22(32)34-4)29-21(31)15-9-11-17(12-10-15)25(26,27)28/h5-12,14,19H,13H2,1-4H3,(H,29,31)/t19-/m0/s1. The smallest absolute Gasteiger partial charge is 0.419 e. The molecule has 0 spiro atoms. The summed E-state index contributed by atoms with van der Waals surface area (Å²) in [5.41, 5.74) is -0.562. The molecule has 0 aliphatic heterocycles. The third kappa shape index (κ3) is 6.20. The number of hydrogen-bond donors (Lipinski definition) is 1. The molecular formula is C25H25F3N2O5. The number of hydrogen-bond acceptors (Lipinski definition) is 5. The van der Waals surface area contributed by atoms with E-state index < -0.39 is 41.4 Å². The molecule has 0 fully saturated rings. The van der Waals surface area contributed by atoms with E-state index in [1.54, 1.807) is 45.0 Å². The van der Waals surface area contributed by atoms with Crippen molar-refractivity contribution in [3.05, 3.63) is 71.4 Å². The van der Waals surface area contributed by atoms with Gasteiger partial charge in [0.1, 0.15) is 11.6 Å². The number of halogens is 3. The van der Waals surface area contributed by atoms with Crippen LogP contribution in [0.5, 0.6) is 0 Å². The highest BCUT2D eigenvalue weighted by molar-refractivity contribution is 5.97. The van der Waals surface area contributed by atoms with Crippen molar-refractivity contribution in [2.24, 2.45) is 0 Å². The first kappa shape index (κ1) is 25.8. The summed E-state index contributed by atoms with van der Waals surface area (Å²) in [6.45, 7) is 5.21. The zero-order valence-corrected chi connectivity index (χ0v) is 19.6. The van der Waals surface area contributed by atoms with Crippen LogP contribution >= 0.6 is 0 Å². The molecule has 35 heavy (non-hydrogen) atoms. The van der Waals surface area contributed by atoms with Crippen LogP contribution in [0, 0.1) is 0 Å². The lowest BCUT2D eigenvalue weighted by atomic mass is 10.0. The van der Waals surface area contributed by atoms with E-state index >= 15 is 0 Å². The van der Waals surface area contributed by atoms with Crippen molar-refractivity contribution in [2.45, 2.75) is 45.0 Å². The maximum Gasteiger partial charge on any atom is 0.419 e. The Morgan fingerprint density at radius 1 is 1.00 bits per heavy atom. The van der Waals surface area contributed by atoms with Gasteiger partial charge in [-0.25, -0.2) is 9.59 Å². The van der Waals surface area contributed by atoms with Crippen molar-refractivity contribution in [1.82, 2.24) is 9.88 Å². The monoisotopic (exact) mass is 490 g/mol. The van der Waals surface area contributed by atoms with Crippen molar-refractivity contribution < 1.29 is 37.0 Å². The Hall–Kier alpha value is -3.82. The van der Waals surface area contributed by atoms with E-state index in [4.69, 9.17) is 9.47 Å². The van der Waals surface area contributed by atoms with Crippen LogP contribution < -0.4 is 5.32 Å². The lowest BCUT2D eigenvalue weighted by molar-refractivity contribution is -0.142. The van der Waals surface area contributed by atoms with Gasteiger partial charge in [0, 0.05) is 23.6 Å². The van der Waals surface area contributed by atoms with Crippen LogP contribution in [-0.2, 0) is 26.9 Å². The molecule has 7 nitrogen and oxygen atoms in total. The quantitative estimate of drug-likeness (QED) is 0.511. The molecule has 1 heterocycles.